The van der Waals surface area contributed by atoms with Crippen LogP contribution in [0.2, 0.25) is 10.0 Å². The molecule has 3 rings (SSSR count). The smallest absolute Gasteiger partial charge is 0.417 e. The highest BCUT2D eigenvalue weighted by molar-refractivity contribution is 6.41. The van der Waals surface area contributed by atoms with E-state index in [0.29, 0.717) is 33.0 Å². The number of hydrogen-bond acceptors (Lipinski definition) is 4. The zero-order chi connectivity index (χ0) is 20.7. The minimum Gasteiger partial charge on any atom is -0.427 e. The second-order valence-electron chi connectivity index (χ2n) is 5.34. The molecule has 3 aromatic rings. The molecule has 8 heteroatoms. The molecular formula is C21H20Cl3NO4. The fraction of sp³-hybridized carbons (Fsp3) is 0.143. The molecule has 0 fully saturated rings. The van der Waals surface area contributed by atoms with E-state index in [4.69, 9.17) is 32.7 Å². The van der Waals surface area contributed by atoms with E-state index in [2.05, 4.69) is 16.9 Å². The summed E-state index contributed by atoms with van der Waals surface area (Å²) in [6.45, 7) is 1.30. The monoisotopic (exact) mass is 455 g/mol. The van der Waals surface area contributed by atoms with Crippen LogP contribution in [-0.4, -0.2) is 18.4 Å². The third-order valence-corrected chi connectivity index (χ3v) is 4.06. The van der Waals surface area contributed by atoms with Gasteiger partial charge in [-0.1, -0.05) is 48.8 Å². The number of esters is 1. The maximum Gasteiger partial charge on any atom is 0.417 e. The molecule has 0 bridgehead atoms. The van der Waals surface area contributed by atoms with Crippen molar-refractivity contribution in [3.63, 3.8) is 0 Å². The van der Waals surface area contributed by atoms with E-state index in [9.17, 15) is 9.59 Å². The van der Waals surface area contributed by atoms with Crippen LogP contribution in [0, 0.1) is 0 Å². The highest BCUT2D eigenvalue weighted by Crippen LogP contribution is 2.38. The Kier molecular flexibility index (Phi) is 9.75. The van der Waals surface area contributed by atoms with Gasteiger partial charge in [0.15, 0.2) is 0 Å². The highest BCUT2D eigenvalue weighted by atomic mass is 35.5. The number of amides is 1. The number of carbonyl (C=O) groups is 2. The SMILES string of the molecule is C.CC(=O)Oc1ccc2c(Cl)cc(Cl)c(NC(=O)Oc3ccccc3)c2c1.CCl. The molecule has 3 aromatic carbocycles. The van der Waals surface area contributed by atoms with Crippen molar-refractivity contribution in [2.24, 2.45) is 0 Å². The summed E-state index contributed by atoms with van der Waals surface area (Å²) < 4.78 is 10.3. The summed E-state index contributed by atoms with van der Waals surface area (Å²) >= 11 is 17.1. The zero-order valence-electron chi connectivity index (χ0n) is 15.0. The summed E-state index contributed by atoms with van der Waals surface area (Å²) in [6.07, 6.45) is 0.764. The largest absolute Gasteiger partial charge is 0.427 e. The second-order valence-corrected chi connectivity index (χ2v) is 6.16. The summed E-state index contributed by atoms with van der Waals surface area (Å²) in [5.41, 5.74) is 0.306. The first kappa shape index (κ1) is 24.6. The number of nitrogens with one attached hydrogen (secondary N) is 1. The Morgan fingerprint density at radius 1 is 0.828 bits per heavy atom. The Balaban J connectivity index is 0.00000136. The molecular weight excluding hydrogens is 437 g/mol. The van der Waals surface area contributed by atoms with Gasteiger partial charge >= 0.3 is 12.1 Å². The van der Waals surface area contributed by atoms with E-state index in [1.807, 2.05) is 6.07 Å². The van der Waals surface area contributed by atoms with Crippen LogP contribution in [-0.2, 0) is 4.79 Å². The third kappa shape index (κ3) is 6.53. The Morgan fingerprint density at radius 3 is 2.10 bits per heavy atom. The molecule has 0 aliphatic heterocycles. The van der Waals surface area contributed by atoms with E-state index in [0.717, 1.165) is 0 Å². The Bertz CT molecular complexity index is 994. The summed E-state index contributed by atoms with van der Waals surface area (Å²) in [4.78, 5) is 23.4. The molecule has 1 N–H and O–H groups in total. The minimum absolute atomic E-state index is 0. The molecule has 0 heterocycles. The van der Waals surface area contributed by atoms with E-state index in [-0.39, 0.29) is 12.4 Å². The van der Waals surface area contributed by atoms with Crippen molar-refractivity contribution in [2.45, 2.75) is 14.4 Å². The molecule has 0 aromatic heterocycles. The van der Waals surface area contributed by atoms with Crippen molar-refractivity contribution in [2.75, 3.05) is 11.7 Å². The number of anilines is 1. The molecule has 0 unspecified atom stereocenters. The van der Waals surface area contributed by atoms with Gasteiger partial charge in [0.25, 0.3) is 0 Å². The van der Waals surface area contributed by atoms with Crippen molar-refractivity contribution in [3.05, 3.63) is 64.6 Å². The number of benzene rings is 3. The number of rotatable bonds is 3. The van der Waals surface area contributed by atoms with Crippen molar-refractivity contribution >= 4 is 63.3 Å². The minimum atomic E-state index is -0.709. The Morgan fingerprint density at radius 2 is 1.48 bits per heavy atom. The maximum atomic E-state index is 12.2. The summed E-state index contributed by atoms with van der Waals surface area (Å²) in [6, 6.07) is 15.0. The molecule has 29 heavy (non-hydrogen) atoms. The van der Waals surface area contributed by atoms with Crippen LogP contribution in [0.1, 0.15) is 14.4 Å². The number of hydrogen-bond donors (Lipinski definition) is 1. The first-order valence-electron chi connectivity index (χ1n) is 7.96. The van der Waals surface area contributed by atoms with Crippen molar-refractivity contribution in [1.29, 1.82) is 0 Å². The van der Waals surface area contributed by atoms with Gasteiger partial charge in [0.05, 0.1) is 15.7 Å². The van der Waals surface area contributed by atoms with Crippen LogP contribution in [0.5, 0.6) is 11.5 Å². The van der Waals surface area contributed by atoms with Gasteiger partial charge in [0.1, 0.15) is 11.5 Å². The Hall–Kier alpha value is -2.47. The molecule has 5 nitrogen and oxygen atoms in total. The van der Waals surface area contributed by atoms with Crippen LogP contribution in [0.4, 0.5) is 10.5 Å². The lowest BCUT2D eigenvalue weighted by molar-refractivity contribution is -0.131. The molecule has 0 saturated carbocycles. The zero-order valence-corrected chi connectivity index (χ0v) is 17.2. The predicted octanol–water partition coefficient (Wildman–Crippen LogP) is 7.17. The fourth-order valence-corrected chi connectivity index (χ4v) is 3.00. The molecule has 0 radical (unpaired) electrons. The molecule has 0 spiro atoms. The molecule has 0 aliphatic carbocycles. The quantitative estimate of drug-likeness (QED) is 0.258. The number of carbonyl (C=O) groups excluding carboxylic acids is 2. The number of fused-ring (bicyclic) bond motifs is 1. The lowest BCUT2D eigenvalue weighted by Crippen LogP contribution is -2.17. The number of para-hydroxylation sites is 1. The van der Waals surface area contributed by atoms with E-state index >= 15 is 0 Å². The number of alkyl halides is 1. The van der Waals surface area contributed by atoms with E-state index in [1.165, 1.54) is 19.4 Å². The van der Waals surface area contributed by atoms with Gasteiger partial charge in [-0.2, -0.15) is 0 Å². The summed E-state index contributed by atoms with van der Waals surface area (Å²) in [7, 11) is 0. The topological polar surface area (TPSA) is 64.6 Å². The van der Waals surface area contributed by atoms with Gasteiger partial charge in [-0.25, -0.2) is 4.79 Å². The van der Waals surface area contributed by atoms with Crippen LogP contribution < -0.4 is 14.8 Å². The second kappa shape index (κ2) is 11.5. The lowest BCUT2D eigenvalue weighted by Gasteiger charge is -2.13. The fourth-order valence-electron chi connectivity index (χ4n) is 2.41. The van der Waals surface area contributed by atoms with Crippen LogP contribution >= 0.6 is 34.8 Å². The van der Waals surface area contributed by atoms with Crippen LogP contribution in [0.25, 0.3) is 10.8 Å². The Labute approximate surface area is 184 Å². The van der Waals surface area contributed by atoms with Gasteiger partial charge in [-0.15, -0.1) is 11.6 Å². The molecule has 1 amide bonds. The molecule has 154 valence electrons. The van der Waals surface area contributed by atoms with Gasteiger partial charge in [-0.05, 0) is 36.4 Å². The van der Waals surface area contributed by atoms with Crippen LogP contribution in [0.3, 0.4) is 0 Å². The van der Waals surface area contributed by atoms with E-state index < -0.39 is 12.1 Å². The molecule has 0 saturated heterocycles. The first-order valence-corrected chi connectivity index (χ1v) is 9.47. The summed E-state index contributed by atoms with van der Waals surface area (Å²) in [5.74, 6) is 0.235. The summed E-state index contributed by atoms with van der Waals surface area (Å²) in [5, 5.41) is 4.41. The predicted molar refractivity (Wildman–Crippen MR) is 120 cm³/mol. The van der Waals surface area contributed by atoms with Gasteiger partial charge < -0.3 is 9.47 Å². The van der Waals surface area contributed by atoms with Crippen molar-refractivity contribution in [1.82, 2.24) is 0 Å². The average Bonchev–Trinajstić information content (AvgIpc) is 2.67. The molecule has 0 atom stereocenters. The normalized spacial score (nSPS) is 9.55. The maximum absolute atomic E-state index is 12.2. The van der Waals surface area contributed by atoms with Crippen molar-refractivity contribution in [3.8, 4) is 11.5 Å². The van der Waals surface area contributed by atoms with Crippen molar-refractivity contribution < 1.29 is 19.1 Å². The average molecular weight is 457 g/mol. The third-order valence-electron chi connectivity index (χ3n) is 3.45. The lowest BCUT2D eigenvalue weighted by atomic mass is 10.1. The van der Waals surface area contributed by atoms with Gasteiger partial charge in [0, 0.05) is 24.1 Å². The number of halogens is 3. The van der Waals surface area contributed by atoms with Gasteiger partial charge in [-0.3, -0.25) is 10.1 Å². The van der Waals surface area contributed by atoms with Crippen LogP contribution in [0.15, 0.2) is 54.6 Å². The number of ether oxygens (including phenoxy) is 2. The first-order chi connectivity index (χ1) is 13.4. The van der Waals surface area contributed by atoms with Gasteiger partial charge in [0.2, 0.25) is 0 Å². The molecule has 0 aliphatic rings. The van der Waals surface area contributed by atoms with E-state index in [1.54, 1.807) is 42.5 Å². The standard InChI is InChI=1S/C19H13Cl2NO4.CH3Cl.CH4/c1-11(23)25-13-7-8-14-15(9-13)18(17(21)10-16(14)20)22-19(24)26-12-5-3-2-4-6-12;1-2;/h2-10H,1H3,(H,22,24);1H3;1H4. The highest BCUT2D eigenvalue weighted by Gasteiger charge is 2.15.